The number of ether oxygens (including phenoxy) is 1. The minimum Gasteiger partial charge on any atom is -0.367 e. The molecule has 8 heteroatoms. The van der Waals surface area contributed by atoms with E-state index in [9.17, 15) is 9.59 Å². The molecule has 3 amide bonds. The molecule has 0 aromatic heterocycles. The van der Waals surface area contributed by atoms with Gasteiger partial charge in [-0.25, -0.2) is 4.79 Å². The van der Waals surface area contributed by atoms with Gasteiger partial charge in [-0.15, -0.1) is 0 Å². The third-order valence-electron chi connectivity index (χ3n) is 3.44. The first kappa shape index (κ1) is 16.9. The van der Waals surface area contributed by atoms with E-state index in [-0.39, 0.29) is 25.2 Å². The topological polar surface area (TPSA) is 84.7 Å². The van der Waals surface area contributed by atoms with Gasteiger partial charge in [0.05, 0.1) is 19.2 Å². The molecule has 0 bridgehead atoms. The maximum Gasteiger partial charge on any atom is 0.318 e. The number of halogens is 2. The zero-order chi connectivity index (χ0) is 16.3. The third kappa shape index (κ3) is 4.03. The van der Waals surface area contributed by atoms with Gasteiger partial charge in [-0.2, -0.15) is 0 Å². The van der Waals surface area contributed by atoms with Crippen LogP contribution >= 0.6 is 23.2 Å². The van der Waals surface area contributed by atoms with Crippen LogP contribution < -0.4 is 11.1 Å². The van der Waals surface area contributed by atoms with Crippen LogP contribution in [0.25, 0.3) is 0 Å². The minimum absolute atomic E-state index is 0.136. The minimum atomic E-state index is -0.774. The van der Waals surface area contributed by atoms with Crippen molar-refractivity contribution in [2.24, 2.45) is 5.73 Å². The molecule has 2 atom stereocenters. The second-order valence-electron chi connectivity index (χ2n) is 5.04. The van der Waals surface area contributed by atoms with Gasteiger partial charge in [0.2, 0.25) is 5.91 Å². The number of carbonyl (C=O) groups is 2. The highest BCUT2D eigenvalue weighted by Gasteiger charge is 2.28. The zero-order valence-corrected chi connectivity index (χ0v) is 13.5. The van der Waals surface area contributed by atoms with Crippen molar-refractivity contribution in [3.63, 3.8) is 0 Å². The maximum atomic E-state index is 12.3. The highest BCUT2D eigenvalue weighted by Crippen LogP contribution is 2.26. The van der Waals surface area contributed by atoms with Crippen molar-refractivity contribution in [2.45, 2.75) is 19.1 Å². The van der Waals surface area contributed by atoms with E-state index in [4.69, 9.17) is 33.7 Å². The molecule has 6 nitrogen and oxygen atoms in total. The monoisotopic (exact) mass is 345 g/mol. The van der Waals surface area contributed by atoms with Crippen molar-refractivity contribution in [1.82, 2.24) is 10.2 Å². The second kappa shape index (κ2) is 7.17. The highest BCUT2D eigenvalue weighted by molar-refractivity contribution is 6.33. The molecule has 2 rings (SSSR count). The Balaban J connectivity index is 2.01. The number of hydrogen-bond donors (Lipinski definition) is 2. The first-order valence-corrected chi connectivity index (χ1v) is 7.55. The summed E-state index contributed by atoms with van der Waals surface area (Å²) in [6.45, 7) is 2.61. The number of nitrogens with two attached hydrogens (primary N) is 1. The summed E-state index contributed by atoms with van der Waals surface area (Å²) in [6.07, 6.45) is -0.774. The number of benzene rings is 1. The van der Waals surface area contributed by atoms with Crippen molar-refractivity contribution < 1.29 is 14.3 Å². The van der Waals surface area contributed by atoms with Gasteiger partial charge in [-0.1, -0.05) is 23.2 Å². The lowest BCUT2D eigenvalue weighted by Gasteiger charge is -2.32. The molecule has 1 aliphatic heterocycles. The van der Waals surface area contributed by atoms with Gasteiger partial charge in [0, 0.05) is 16.6 Å². The Labute approximate surface area is 138 Å². The fourth-order valence-electron chi connectivity index (χ4n) is 2.21. The fourth-order valence-corrected chi connectivity index (χ4v) is 2.67. The van der Waals surface area contributed by atoms with Crippen LogP contribution in [0, 0.1) is 0 Å². The molecule has 1 fully saturated rings. The Morgan fingerprint density at radius 3 is 2.86 bits per heavy atom. The Morgan fingerprint density at radius 1 is 1.45 bits per heavy atom. The largest absolute Gasteiger partial charge is 0.367 e. The number of urea groups is 1. The van der Waals surface area contributed by atoms with Crippen molar-refractivity contribution in [3.05, 3.63) is 33.8 Å². The van der Waals surface area contributed by atoms with Crippen molar-refractivity contribution in [3.8, 4) is 0 Å². The zero-order valence-electron chi connectivity index (χ0n) is 12.0. The number of primary amides is 1. The van der Waals surface area contributed by atoms with Crippen LogP contribution in [0.5, 0.6) is 0 Å². The normalized spacial score (nSPS) is 19.6. The molecule has 1 aliphatic rings. The molecular weight excluding hydrogens is 329 g/mol. The lowest BCUT2D eigenvalue weighted by Crippen LogP contribution is -2.53. The van der Waals surface area contributed by atoms with E-state index in [2.05, 4.69) is 5.32 Å². The first-order chi connectivity index (χ1) is 10.4. The van der Waals surface area contributed by atoms with Crippen LogP contribution in [0.3, 0.4) is 0 Å². The van der Waals surface area contributed by atoms with Gasteiger partial charge < -0.3 is 20.7 Å². The predicted octanol–water partition coefficient (Wildman–Crippen LogP) is 1.95. The summed E-state index contributed by atoms with van der Waals surface area (Å²) in [4.78, 5) is 24.9. The standard InChI is InChI=1S/C14H17Cl2N3O3/c1-8(10-6-9(15)2-3-11(10)16)18-14(21)19-4-5-22-12(7-19)13(17)20/h2-3,6,8,12H,4-5,7H2,1H3,(H2,17,20)(H,18,21)/t8-,12?/m0/s1. The van der Waals surface area contributed by atoms with Crippen molar-refractivity contribution >= 4 is 35.1 Å². The van der Waals surface area contributed by atoms with Gasteiger partial charge in [-0.05, 0) is 30.7 Å². The molecule has 0 radical (unpaired) electrons. The Morgan fingerprint density at radius 2 is 2.18 bits per heavy atom. The molecule has 22 heavy (non-hydrogen) atoms. The van der Waals surface area contributed by atoms with Crippen molar-refractivity contribution in [2.75, 3.05) is 19.7 Å². The molecule has 0 spiro atoms. The molecular formula is C14H17Cl2N3O3. The molecule has 3 N–H and O–H groups in total. The van der Waals surface area contributed by atoms with Crippen LogP contribution in [0.1, 0.15) is 18.5 Å². The molecule has 0 saturated carbocycles. The lowest BCUT2D eigenvalue weighted by molar-refractivity contribution is -0.133. The second-order valence-corrected chi connectivity index (χ2v) is 5.89. The number of rotatable bonds is 3. The summed E-state index contributed by atoms with van der Waals surface area (Å²) < 4.78 is 5.21. The van der Waals surface area contributed by atoms with Crippen LogP contribution in [-0.2, 0) is 9.53 Å². The number of morpholine rings is 1. The van der Waals surface area contributed by atoms with E-state index in [0.29, 0.717) is 16.6 Å². The third-order valence-corrected chi connectivity index (χ3v) is 4.01. The van der Waals surface area contributed by atoms with Crippen LogP contribution in [0.4, 0.5) is 4.79 Å². The lowest BCUT2D eigenvalue weighted by atomic mass is 10.1. The van der Waals surface area contributed by atoms with Crippen LogP contribution in [0.15, 0.2) is 18.2 Å². The van der Waals surface area contributed by atoms with Gasteiger partial charge >= 0.3 is 6.03 Å². The first-order valence-electron chi connectivity index (χ1n) is 6.79. The summed E-state index contributed by atoms with van der Waals surface area (Å²) in [5.74, 6) is -0.580. The molecule has 120 valence electrons. The van der Waals surface area contributed by atoms with Gasteiger partial charge in [0.15, 0.2) is 6.10 Å². The average molecular weight is 346 g/mol. The number of hydrogen-bond acceptors (Lipinski definition) is 3. The molecule has 1 aromatic carbocycles. The van der Waals surface area contributed by atoms with E-state index in [1.807, 2.05) is 6.92 Å². The SMILES string of the molecule is C[C@H](NC(=O)N1CCOC(C(N)=O)C1)c1cc(Cl)ccc1Cl. The quantitative estimate of drug-likeness (QED) is 0.877. The molecule has 1 aromatic rings. The fraction of sp³-hybridized carbons (Fsp3) is 0.429. The Bertz CT molecular complexity index is 582. The number of amides is 3. The van der Waals surface area contributed by atoms with Gasteiger partial charge in [-0.3, -0.25) is 4.79 Å². The molecule has 1 heterocycles. The summed E-state index contributed by atoms with van der Waals surface area (Å²) in [5.41, 5.74) is 5.93. The predicted molar refractivity (Wildman–Crippen MR) is 83.9 cm³/mol. The Hall–Kier alpha value is -1.50. The van der Waals surface area contributed by atoms with E-state index >= 15 is 0 Å². The van der Waals surface area contributed by atoms with Crippen LogP contribution in [0.2, 0.25) is 10.0 Å². The van der Waals surface area contributed by atoms with E-state index < -0.39 is 12.0 Å². The number of carbonyl (C=O) groups excluding carboxylic acids is 2. The van der Waals surface area contributed by atoms with E-state index in [0.717, 1.165) is 5.56 Å². The van der Waals surface area contributed by atoms with Gasteiger partial charge in [0.25, 0.3) is 0 Å². The number of nitrogens with one attached hydrogen (secondary N) is 1. The summed E-state index contributed by atoms with van der Waals surface area (Å²) >= 11 is 12.1. The summed E-state index contributed by atoms with van der Waals surface area (Å²) in [5, 5.41) is 3.89. The van der Waals surface area contributed by atoms with Crippen molar-refractivity contribution in [1.29, 1.82) is 0 Å². The van der Waals surface area contributed by atoms with E-state index in [1.54, 1.807) is 18.2 Å². The summed E-state index contributed by atoms with van der Waals surface area (Å²) in [7, 11) is 0. The molecule has 0 aliphatic carbocycles. The Kier molecular flexibility index (Phi) is 5.50. The summed E-state index contributed by atoms with van der Waals surface area (Å²) in [6, 6.07) is 4.44. The maximum absolute atomic E-state index is 12.3. The van der Waals surface area contributed by atoms with Gasteiger partial charge in [0.1, 0.15) is 0 Å². The number of nitrogens with zero attached hydrogens (tertiary/aromatic N) is 1. The van der Waals surface area contributed by atoms with E-state index in [1.165, 1.54) is 4.90 Å². The smallest absolute Gasteiger partial charge is 0.318 e. The highest BCUT2D eigenvalue weighted by atomic mass is 35.5. The average Bonchev–Trinajstić information content (AvgIpc) is 2.49. The van der Waals surface area contributed by atoms with Crippen LogP contribution in [-0.4, -0.2) is 42.6 Å². The molecule has 1 unspecified atom stereocenters. The molecule has 1 saturated heterocycles.